The Kier molecular flexibility index (Phi) is 4.67. The molecule has 1 aliphatic rings. The number of amides is 2. The van der Waals surface area contributed by atoms with Crippen LogP contribution in [-0.4, -0.2) is 29.1 Å². The maximum atomic E-state index is 12.9. The number of aliphatic hydroxyl groups excluding tert-OH is 1. The van der Waals surface area contributed by atoms with Gasteiger partial charge >= 0.3 is 0 Å². The highest BCUT2D eigenvalue weighted by Crippen LogP contribution is 2.40. The summed E-state index contributed by atoms with van der Waals surface area (Å²) in [5, 5.41) is 12.7. The van der Waals surface area contributed by atoms with E-state index in [1.54, 1.807) is 6.92 Å². The zero-order valence-corrected chi connectivity index (χ0v) is 16.5. The number of carbonyl (C=O) groups is 2. The second-order valence-corrected chi connectivity index (χ2v) is 7.95. The van der Waals surface area contributed by atoms with Gasteiger partial charge in [-0.15, -0.1) is 0 Å². The minimum absolute atomic E-state index is 0.331. The van der Waals surface area contributed by atoms with Gasteiger partial charge in [-0.3, -0.25) is 9.59 Å². The molecule has 0 spiro atoms. The van der Waals surface area contributed by atoms with E-state index in [9.17, 15) is 14.7 Å². The second kappa shape index (κ2) is 7.04. The molecule has 6 nitrogen and oxygen atoms in total. The van der Waals surface area contributed by atoms with E-state index < -0.39 is 24.0 Å². The number of nitrogens with two attached hydrogens (primary N) is 1. The van der Waals surface area contributed by atoms with E-state index in [2.05, 4.69) is 29.6 Å². The van der Waals surface area contributed by atoms with Gasteiger partial charge in [-0.25, -0.2) is 0 Å². The zero-order chi connectivity index (χ0) is 20.8. The van der Waals surface area contributed by atoms with Crippen molar-refractivity contribution in [3.63, 3.8) is 0 Å². The van der Waals surface area contributed by atoms with Gasteiger partial charge in [-0.05, 0) is 61.4 Å². The number of hydrogen-bond acceptors (Lipinski definition) is 4. The summed E-state index contributed by atoms with van der Waals surface area (Å²) in [6.07, 6.45) is 2.52. The normalized spacial score (nSPS) is 15.8. The molecule has 4 rings (SSSR count). The van der Waals surface area contributed by atoms with E-state index >= 15 is 0 Å². The molecule has 0 aliphatic heterocycles. The predicted octanol–water partition coefficient (Wildman–Crippen LogP) is 3.25. The average Bonchev–Trinajstić information content (AvgIpc) is 3.49. The van der Waals surface area contributed by atoms with Crippen LogP contribution in [0.3, 0.4) is 0 Å². The molecule has 0 bridgehead atoms. The van der Waals surface area contributed by atoms with Crippen molar-refractivity contribution in [2.45, 2.75) is 38.1 Å². The minimum Gasteiger partial charge on any atom is -0.461 e. The number of rotatable bonds is 6. The number of carbonyl (C=O) groups excluding carboxylic acids is 2. The van der Waals surface area contributed by atoms with Gasteiger partial charge in [0.05, 0.1) is 12.2 Å². The van der Waals surface area contributed by atoms with Crippen LogP contribution in [0.2, 0.25) is 0 Å². The third kappa shape index (κ3) is 3.51. The Bertz CT molecular complexity index is 1100. The van der Waals surface area contributed by atoms with Crippen LogP contribution in [0.4, 0.5) is 0 Å². The van der Waals surface area contributed by atoms with Gasteiger partial charge in [0.25, 0.3) is 5.91 Å². The highest BCUT2D eigenvalue weighted by molar-refractivity contribution is 6.09. The molecule has 29 heavy (non-hydrogen) atoms. The Labute approximate surface area is 168 Å². The van der Waals surface area contributed by atoms with Crippen molar-refractivity contribution >= 4 is 22.8 Å². The van der Waals surface area contributed by atoms with Crippen LogP contribution in [-0.2, 0) is 4.79 Å². The molecule has 4 N–H and O–H groups in total. The summed E-state index contributed by atoms with van der Waals surface area (Å²) in [4.78, 5) is 24.6. The van der Waals surface area contributed by atoms with Crippen LogP contribution in [0, 0.1) is 6.92 Å². The fourth-order valence-electron chi connectivity index (χ4n) is 3.54. The summed E-state index contributed by atoms with van der Waals surface area (Å²) in [6, 6.07) is 14.2. The predicted molar refractivity (Wildman–Crippen MR) is 111 cm³/mol. The number of primary amides is 1. The molecular weight excluding hydrogens is 368 g/mol. The summed E-state index contributed by atoms with van der Waals surface area (Å²) in [5.74, 6) is -0.194. The monoisotopic (exact) mass is 392 g/mol. The van der Waals surface area contributed by atoms with Crippen LogP contribution in [0.25, 0.3) is 22.1 Å². The first-order valence-electron chi connectivity index (χ1n) is 9.69. The molecule has 0 radical (unpaired) electrons. The van der Waals surface area contributed by atoms with E-state index in [1.807, 2.05) is 18.2 Å². The molecule has 2 amide bonds. The molecule has 1 aliphatic carbocycles. The van der Waals surface area contributed by atoms with Gasteiger partial charge in [0, 0.05) is 5.39 Å². The van der Waals surface area contributed by atoms with Crippen molar-refractivity contribution in [3.8, 4) is 11.1 Å². The van der Waals surface area contributed by atoms with E-state index in [1.165, 1.54) is 25.3 Å². The summed E-state index contributed by atoms with van der Waals surface area (Å²) < 4.78 is 5.74. The lowest BCUT2D eigenvalue weighted by atomic mass is 9.98. The molecule has 1 fully saturated rings. The van der Waals surface area contributed by atoms with Gasteiger partial charge in [-0.1, -0.05) is 30.3 Å². The Morgan fingerprint density at radius 1 is 1.17 bits per heavy atom. The van der Waals surface area contributed by atoms with E-state index in [0.29, 0.717) is 28.2 Å². The standard InChI is InChI=1S/C23H24N2O4/c1-13-20(21(27)25-23(2,12-26)22(24)28)18-11-17(9-10-19(18)29-13)16-7-5-15(6-8-16)14-3-4-14/h5-11,14,26H,3-4,12H2,1-2H3,(H2,24,28)(H,25,27)/t23-/m0/s1. The highest BCUT2D eigenvalue weighted by atomic mass is 16.3. The molecule has 0 saturated heterocycles. The smallest absolute Gasteiger partial charge is 0.256 e. The Hall–Kier alpha value is -3.12. The van der Waals surface area contributed by atoms with Gasteiger partial charge in [0.1, 0.15) is 16.9 Å². The maximum Gasteiger partial charge on any atom is 0.256 e. The third-order valence-electron chi connectivity index (χ3n) is 5.63. The van der Waals surface area contributed by atoms with E-state index in [0.717, 1.165) is 11.1 Å². The number of furan rings is 1. The molecule has 1 saturated carbocycles. The van der Waals surface area contributed by atoms with Crippen molar-refractivity contribution in [3.05, 3.63) is 59.4 Å². The summed E-state index contributed by atoms with van der Waals surface area (Å²) in [5.41, 5.74) is 8.08. The number of aliphatic hydroxyl groups is 1. The second-order valence-electron chi connectivity index (χ2n) is 7.95. The van der Waals surface area contributed by atoms with Crippen molar-refractivity contribution in [2.24, 2.45) is 5.73 Å². The molecular formula is C23H24N2O4. The van der Waals surface area contributed by atoms with Crippen LogP contribution in [0.15, 0.2) is 46.9 Å². The van der Waals surface area contributed by atoms with Crippen LogP contribution in [0.1, 0.15) is 47.4 Å². The Morgan fingerprint density at radius 3 is 2.41 bits per heavy atom. The lowest BCUT2D eigenvalue weighted by molar-refractivity contribution is -0.124. The van der Waals surface area contributed by atoms with Crippen molar-refractivity contribution in [1.82, 2.24) is 5.32 Å². The molecule has 0 unspecified atom stereocenters. The average molecular weight is 392 g/mol. The number of aryl methyl sites for hydroxylation is 1. The first-order valence-corrected chi connectivity index (χ1v) is 9.69. The van der Waals surface area contributed by atoms with Crippen molar-refractivity contribution in [2.75, 3.05) is 6.61 Å². The highest BCUT2D eigenvalue weighted by Gasteiger charge is 2.34. The number of nitrogens with one attached hydrogen (secondary N) is 1. The van der Waals surface area contributed by atoms with E-state index in [4.69, 9.17) is 10.2 Å². The first kappa shape index (κ1) is 19.2. The Balaban J connectivity index is 1.71. The van der Waals surface area contributed by atoms with Crippen LogP contribution < -0.4 is 11.1 Å². The van der Waals surface area contributed by atoms with E-state index in [-0.39, 0.29) is 0 Å². The first-order chi connectivity index (χ1) is 13.8. The molecule has 1 heterocycles. The number of benzene rings is 2. The fourth-order valence-corrected chi connectivity index (χ4v) is 3.54. The summed E-state index contributed by atoms with van der Waals surface area (Å²) >= 11 is 0. The van der Waals surface area contributed by atoms with Gasteiger partial charge in [0.15, 0.2) is 0 Å². The lowest BCUT2D eigenvalue weighted by Gasteiger charge is -2.24. The van der Waals surface area contributed by atoms with Crippen molar-refractivity contribution < 1.29 is 19.1 Å². The largest absolute Gasteiger partial charge is 0.461 e. The molecule has 1 aromatic heterocycles. The Morgan fingerprint density at radius 2 is 1.83 bits per heavy atom. The molecule has 3 aromatic rings. The third-order valence-corrected chi connectivity index (χ3v) is 5.63. The topological polar surface area (TPSA) is 106 Å². The molecule has 150 valence electrons. The maximum absolute atomic E-state index is 12.9. The zero-order valence-electron chi connectivity index (χ0n) is 16.5. The quantitative estimate of drug-likeness (QED) is 0.599. The van der Waals surface area contributed by atoms with Gasteiger partial charge < -0.3 is 20.6 Å². The van der Waals surface area contributed by atoms with Crippen LogP contribution >= 0.6 is 0 Å². The summed E-state index contributed by atoms with van der Waals surface area (Å²) in [6.45, 7) is 2.48. The molecule has 1 atom stereocenters. The molecule has 6 heteroatoms. The molecule has 2 aromatic carbocycles. The van der Waals surface area contributed by atoms with Crippen LogP contribution in [0.5, 0.6) is 0 Å². The SMILES string of the molecule is Cc1oc2ccc(-c3ccc(C4CC4)cc3)cc2c1C(=O)N[C@@](C)(CO)C(N)=O. The fraction of sp³-hybridized carbons (Fsp3) is 0.304. The van der Waals surface area contributed by atoms with Gasteiger partial charge in [-0.2, -0.15) is 0 Å². The van der Waals surface area contributed by atoms with Gasteiger partial charge in [0.2, 0.25) is 5.91 Å². The number of fused-ring (bicyclic) bond motifs is 1. The van der Waals surface area contributed by atoms with Crippen molar-refractivity contribution in [1.29, 1.82) is 0 Å². The number of hydrogen-bond donors (Lipinski definition) is 3. The minimum atomic E-state index is -1.55. The summed E-state index contributed by atoms with van der Waals surface area (Å²) in [7, 11) is 0. The lowest BCUT2D eigenvalue weighted by Crippen LogP contribution is -2.57.